The summed E-state index contributed by atoms with van der Waals surface area (Å²) < 4.78 is 19.6. The van der Waals surface area contributed by atoms with Crippen LogP contribution in [0.2, 0.25) is 0 Å². The van der Waals surface area contributed by atoms with Crippen molar-refractivity contribution in [1.82, 2.24) is 9.55 Å². The molecule has 1 N–H and O–H groups in total. The number of anilines is 2. The first-order valence-corrected chi connectivity index (χ1v) is 10.4. The third kappa shape index (κ3) is 3.42. The maximum absolute atomic E-state index is 6.09. The molecule has 152 valence electrons. The van der Waals surface area contributed by atoms with Crippen molar-refractivity contribution in [2.75, 3.05) is 18.5 Å². The van der Waals surface area contributed by atoms with Crippen LogP contribution in [0, 0.1) is 0 Å². The number of nitrogens with zero attached hydrogens (tertiary/aromatic N) is 2. The normalized spacial score (nSPS) is 18.1. The molecular weight excluding hydrogens is 366 g/mol. The van der Waals surface area contributed by atoms with Gasteiger partial charge in [0.15, 0.2) is 11.5 Å². The molecule has 0 spiro atoms. The monoisotopic (exact) mass is 393 g/mol. The Morgan fingerprint density at radius 3 is 2.79 bits per heavy atom. The summed E-state index contributed by atoms with van der Waals surface area (Å²) in [6.45, 7) is 5.39. The van der Waals surface area contributed by atoms with E-state index in [9.17, 15) is 0 Å². The lowest BCUT2D eigenvalue weighted by Gasteiger charge is -2.25. The summed E-state index contributed by atoms with van der Waals surface area (Å²) in [5, 5.41) is 4.63. The van der Waals surface area contributed by atoms with Crippen LogP contribution in [-0.4, -0.2) is 35.0 Å². The molecule has 2 aromatic heterocycles. The van der Waals surface area contributed by atoms with E-state index in [-0.39, 0.29) is 6.10 Å². The average molecular weight is 393 g/mol. The van der Waals surface area contributed by atoms with Crippen LogP contribution in [0.15, 0.2) is 30.3 Å². The first kappa shape index (κ1) is 18.3. The lowest BCUT2D eigenvalue weighted by atomic mass is 9.93. The molecule has 0 radical (unpaired) electrons. The maximum atomic E-state index is 6.09. The summed E-state index contributed by atoms with van der Waals surface area (Å²) in [4.78, 5) is 4.91. The summed E-state index contributed by atoms with van der Waals surface area (Å²) >= 11 is 0. The second kappa shape index (κ2) is 7.26. The number of hydrogen-bond donors (Lipinski definition) is 1. The quantitative estimate of drug-likeness (QED) is 0.713. The molecule has 0 saturated heterocycles. The molecule has 29 heavy (non-hydrogen) atoms. The number of fused-ring (bicyclic) bond motifs is 4. The van der Waals surface area contributed by atoms with Crippen molar-refractivity contribution in [3.63, 3.8) is 0 Å². The van der Waals surface area contributed by atoms with Gasteiger partial charge in [-0.25, -0.2) is 4.98 Å². The number of pyridine rings is 1. The van der Waals surface area contributed by atoms with Crippen LogP contribution in [0.4, 0.5) is 11.5 Å². The van der Waals surface area contributed by atoms with Gasteiger partial charge in [0.25, 0.3) is 0 Å². The van der Waals surface area contributed by atoms with E-state index in [1.807, 2.05) is 24.3 Å². The van der Waals surface area contributed by atoms with Gasteiger partial charge in [-0.1, -0.05) is 0 Å². The van der Waals surface area contributed by atoms with Crippen LogP contribution in [0.5, 0.6) is 11.5 Å². The van der Waals surface area contributed by atoms with Crippen LogP contribution in [0.1, 0.15) is 31.5 Å². The predicted octanol–water partition coefficient (Wildman–Crippen LogP) is 4.37. The van der Waals surface area contributed by atoms with Crippen molar-refractivity contribution in [2.24, 2.45) is 7.05 Å². The summed E-state index contributed by atoms with van der Waals surface area (Å²) in [5.74, 6) is 2.38. The lowest BCUT2D eigenvalue weighted by Crippen LogP contribution is -2.25. The largest absolute Gasteiger partial charge is 0.486 e. The molecule has 1 atom stereocenters. The highest BCUT2D eigenvalue weighted by Crippen LogP contribution is 2.35. The van der Waals surface area contributed by atoms with Gasteiger partial charge in [-0.3, -0.25) is 0 Å². The van der Waals surface area contributed by atoms with Gasteiger partial charge in [0, 0.05) is 36.3 Å². The van der Waals surface area contributed by atoms with E-state index in [1.165, 1.54) is 16.6 Å². The zero-order valence-corrected chi connectivity index (χ0v) is 17.2. The standard InChI is InChI=1S/C23H27N3O3/c1-14(2)29-16-5-7-19-18(13-16)17-6-9-22(25-23(17)26(19)3)24-15-4-8-20-21(12-15)28-11-10-27-20/h4,6,8-9,12,14,16H,5,7,10-11,13H2,1-3H3,(H,24,25). The highest BCUT2D eigenvalue weighted by atomic mass is 16.6. The summed E-state index contributed by atoms with van der Waals surface area (Å²) in [6.07, 6.45) is 3.61. The van der Waals surface area contributed by atoms with Crippen molar-refractivity contribution >= 4 is 22.5 Å². The van der Waals surface area contributed by atoms with Gasteiger partial charge in [-0.05, 0) is 56.5 Å². The van der Waals surface area contributed by atoms with Crippen LogP contribution in [0.3, 0.4) is 0 Å². The van der Waals surface area contributed by atoms with Crippen molar-refractivity contribution in [2.45, 2.75) is 45.3 Å². The van der Waals surface area contributed by atoms with Crippen LogP contribution >= 0.6 is 0 Å². The van der Waals surface area contributed by atoms with E-state index >= 15 is 0 Å². The molecule has 0 bridgehead atoms. The average Bonchev–Trinajstić information content (AvgIpc) is 2.99. The van der Waals surface area contributed by atoms with E-state index in [4.69, 9.17) is 19.2 Å². The highest BCUT2D eigenvalue weighted by Gasteiger charge is 2.26. The van der Waals surface area contributed by atoms with Gasteiger partial charge in [0.1, 0.15) is 24.7 Å². The van der Waals surface area contributed by atoms with Gasteiger partial charge in [-0.2, -0.15) is 0 Å². The minimum absolute atomic E-state index is 0.261. The van der Waals surface area contributed by atoms with Crippen molar-refractivity contribution in [3.8, 4) is 11.5 Å². The minimum Gasteiger partial charge on any atom is -0.486 e. The molecular formula is C23H27N3O3. The molecule has 6 heteroatoms. The zero-order chi connectivity index (χ0) is 20.0. The number of rotatable bonds is 4. The molecule has 5 rings (SSSR count). The summed E-state index contributed by atoms with van der Waals surface area (Å²) in [7, 11) is 2.12. The Balaban J connectivity index is 1.43. The molecule has 0 saturated carbocycles. The zero-order valence-electron chi connectivity index (χ0n) is 17.2. The molecule has 0 fully saturated rings. The number of aromatic nitrogens is 2. The fraction of sp³-hybridized carbons (Fsp3) is 0.435. The second-order valence-corrected chi connectivity index (χ2v) is 8.09. The SMILES string of the molecule is CC(C)OC1CCc2c(c3ccc(Nc4ccc5c(c4)OCCO5)nc3n2C)C1. The first-order valence-electron chi connectivity index (χ1n) is 10.4. The summed E-state index contributed by atoms with van der Waals surface area (Å²) in [5.41, 5.74) is 4.72. The Labute approximate surface area is 170 Å². The van der Waals surface area contributed by atoms with Gasteiger partial charge in [0.2, 0.25) is 0 Å². The Bertz CT molecular complexity index is 1060. The predicted molar refractivity (Wildman–Crippen MR) is 113 cm³/mol. The lowest BCUT2D eigenvalue weighted by molar-refractivity contribution is 0.000751. The topological polar surface area (TPSA) is 57.5 Å². The van der Waals surface area contributed by atoms with Crippen molar-refractivity contribution in [1.29, 1.82) is 0 Å². The van der Waals surface area contributed by atoms with Gasteiger partial charge >= 0.3 is 0 Å². The van der Waals surface area contributed by atoms with E-state index in [0.717, 1.165) is 47.9 Å². The van der Waals surface area contributed by atoms with Gasteiger partial charge in [0.05, 0.1) is 12.2 Å². The molecule has 3 aromatic rings. The van der Waals surface area contributed by atoms with E-state index in [2.05, 4.69) is 36.8 Å². The van der Waals surface area contributed by atoms with Crippen LogP contribution in [0.25, 0.3) is 11.0 Å². The Morgan fingerprint density at radius 1 is 1.14 bits per heavy atom. The Hall–Kier alpha value is -2.73. The maximum Gasteiger partial charge on any atom is 0.163 e. The Morgan fingerprint density at radius 2 is 1.97 bits per heavy atom. The summed E-state index contributed by atoms with van der Waals surface area (Å²) in [6, 6.07) is 10.1. The number of nitrogens with one attached hydrogen (secondary N) is 1. The fourth-order valence-electron chi connectivity index (χ4n) is 4.44. The number of hydrogen-bond acceptors (Lipinski definition) is 5. The molecule has 0 amide bonds. The third-order valence-electron chi connectivity index (χ3n) is 5.69. The van der Waals surface area contributed by atoms with Crippen LogP contribution < -0.4 is 14.8 Å². The molecule has 1 aliphatic carbocycles. The van der Waals surface area contributed by atoms with Gasteiger partial charge < -0.3 is 24.1 Å². The van der Waals surface area contributed by atoms with Crippen LogP contribution in [-0.2, 0) is 24.6 Å². The third-order valence-corrected chi connectivity index (χ3v) is 5.69. The van der Waals surface area contributed by atoms with E-state index in [0.29, 0.717) is 19.3 Å². The molecule has 1 aromatic carbocycles. The second-order valence-electron chi connectivity index (χ2n) is 8.09. The number of ether oxygens (including phenoxy) is 3. The molecule has 1 aliphatic heterocycles. The molecule has 3 heterocycles. The fourth-order valence-corrected chi connectivity index (χ4v) is 4.44. The molecule has 6 nitrogen and oxygen atoms in total. The number of aryl methyl sites for hydroxylation is 1. The van der Waals surface area contributed by atoms with Crippen molar-refractivity contribution in [3.05, 3.63) is 41.6 Å². The van der Waals surface area contributed by atoms with E-state index in [1.54, 1.807) is 0 Å². The van der Waals surface area contributed by atoms with Crippen molar-refractivity contribution < 1.29 is 14.2 Å². The smallest absolute Gasteiger partial charge is 0.163 e. The minimum atomic E-state index is 0.261. The van der Waals surface area contributed by atoms with E-state index < -0.39 is 0 Å². The van der Waals surface area contributed by atoms with Gasteiger partial charge in [-0.15, -0.1) is 0 Å². The molecule has 1 unspecified atom stereocenters. The first-order chi connectivity index (χ1) is 14.1. The Kier molecular flexibility index (Phi) is 4.59. The molecule has 2 aliphatic rings. The number of benzene rings is 1. The highest BCUT2D eigenvalue weighted by molar-refractivity contribution is 5.84.